The highest BCUT2D eigenvalue weighted by atomic mass is 32.2. The monoisotopic (exact) mass is 332 g/mol. The van der Waals surface area contributed by atoms with Gasteiger partial charge in [-0.1, -0.05) is 37.7 Å². The molecule has 3 rings (SSSR count). The van der Waals surface area contributed by atoms with Crippen molar-refractivity contribution < 1.29 is 9.32 Å². The minimum Gasteiger partial charge on any atom is -0.338 e. The Morgan fingerprint density at radius 3 is 2.96 bits per heavy atom. The van der Waals surface area contributed by atoms with Gasteiger partial charge in [0, 0.05) is 23.9 Å². The van der Waals surface area contributed by atoms with Gasteiger partial charge in [0.2, 0.25) is 16.9 Å². The second kappa shape index (κ2) is 5.99. The third-order valence-electron chi connectivity index (χ3n) is 2.97. The zero-order valence-electron chi connectivity index (χ0n) is 13.0. The van der Waals surface area contributed by atoms with E-state index in [1.165, 1.54) is 11.8 Å². The summed E-state index contributed by atoms with van der Waals surface area (Å²) >= 11 is 1.23. The van der Waals surface area contributed by atoms with Crippen LogP contribution in [-0.4, -0.2) is 36.4 Å². The standard InChI is InChI=1S/C14H16N6O2S/c1-14(2,3)9-7-11(22-19-9)16-10(21)8-23-13-17-12-15-5-4-6-20(12)18-13/h4-7H,8H2,1-3H3,(H,16,21). The molecule has 0 aliphatic carbocycles. The van der Waals surface area contributed by atoms with E-state index >= 15 is 0 Å². The van der Waals surface area contributed by atoms with Gasteiger partial charge in [0.1, 0.15) is 0 Å². The van der Waals surface area contributed by atoms with Crippen molar-refractivity contribution in [3.63, 3.8) is 0 Å². The number of carbonyl (C=O) groups is 1. The summed E-state index contributed by atoms with van der Waals surface area (Å²) in [5.41, 5.74) is 0.655. The summed E-state index contributed by atoms with van der Waals surface area (Å²) in [7, 11) is 0. The van der Waals surface area contributed by atoms with Crippen LogP contribution in [-0.2, 0) is 10.2 Å². The maximum Gasteiger partial charge on any atom is 0.253 e. The van der Waals surface area contributed by atoms with Gasteiger partial charge in [-0.15, -0.1) is 5.10 Å². The zero-order valence-corrected chi connectivity index (χ0v) is 13.8. The maximum atomic E-state index is 12.0. The quantitative estimate of drug-likeness (QED) is 0.731. The summed E-state index contributed by atoms with van der Waals surface area (Å²) in [5.74, 6) is 0.798. The van der Waals surface area contributed by atoms with E-state index in [1.807, 2.05) is 20.8 Å². The van der Waals surface area contributed by atoms with Crippen molar-refractivity contribution >= 4 is 29.3 Å². The van der Waals surface area contributed by atoms with Gasteiger partial charge in [-0.3, -0.25) is 10.1 Å². The minimum absolute atomic E-state index is 0.130. The van der Waals surface area contributed by atoms with Crippen molar-refractivity contribution in [2.75, 3.05) is 11.1 Å². The van der Waals surface area contributed by atoms with E-state index < -0.39 is 0 Å². The van der Waals surface area contributed by atoms with E-state index in [0.29, 0.717) is 16.8 Å². The Hall–Kier alpha value is -2.42. The molecule has 120 valence electrons. The van der Waals surface area contributed by atoms with Gasteiger partial charge in [-0.2, -0.15) is 4.98 Å². The Morgan fingerprint density at radius 2 is 2.26 bits per heavy atom. The van der Waals surface area contributed by atoms with Gasteiger partial charge < -0.3 is 4.52 Å². The molecule has 8 nitrogen and oxygen atoms in total. The first-order valence-electron chi connectivity index (χ1n) is 6.99. The van der Waals surface area contributed by atoms with Crippen molar-refractivity contribution in [3.05, 3.63) is 30.2 Å². The molecule has 0 unspecified atom stereocenters. The van der Waals surface area contributed by atoms with E-state index in [4.69, 9.17) is 4.52 Å². The lowest BCUT2D eigenvalue weighted by Gasteiger charge is -2.12. The van der Waals surface area contributed by atoms with Gasteiger partial charge in [0.15, 0.2) is 0 Å². The third-order valence-corrected chi connectivity index (χ3v) is 3.81. The molecule has 3 heterocycles. The van der Waals surface area contributed by atoms with Crippen LogP contribution in [0.5, 0.6) is 0 Å². The molecule has 0 atom stereocenters. The normalized spacial score (nSPS) is 11.8. The molecule has 1 N–H and O–H groups in total. The molecule has 0 saturated carbocycles. The lowest BCUT2D eigenvalue weighted by molar-refractivity contribution is -0.113. The Bertz CT molecular complexity index is 802. The lowest BCUT2D eigenvalue weighted by atomic mass is 9.92. The SMILES string of the molecule is CC(C)(C)c1cc(NC(=O)CSc2nc3ncccn3n2)on1. The van der Waals surface area contributed by atoms with Crippen molar-refractivity contribution in [1.29, 1.82) is 0 Å². The van der Waals surface area contributed by atoms with Gasteiger partial charge in [-0.25, -0.2) is 9.50 Å². The molecule has 0 radical (unpaired) electrons. The average Bonchev–Trinajstić information content (AvgIpc) is 3.10. The fourth-order valence-electron chi connectivity index (χ4n) is 1.77. The van der Waals surface area contributed by atoms with Crippen LogP contribution < -0.4 is 5.32 Å². The van der Waals surface area contributed by atoms with Gasteiger partial charge in [0.25, 0.3) is 5.78 Å². The number of anilines is 1. The number of carbonyl (C=O) groups excluding carboxylic acids is 1. The van der Waals surface area contributed by atoms with E-state index in [9.17, 15) is 4.79 Å². The molecule has 0 saturated heterocycles. The number of aromatic nitrogens is 5. The Balaban J connectivity index is 1.58. The first kappa shape index (κ1) is 15.5. The Kier molecular flexibility index (Phi) is 4.03. The van der Waals surface area contributed by atoms with Crippen LogP contribution >= 0.6 is 11.8 Å². The fourth-order valence-corrected chi connectivity index (χ4v) is 2.39. The summed E-state index contributed by atoms with van der Waals surface area (Å²) in [6.07, 6.45) is 3.39. The number of thioether (sulfide) groups is 1. The highest BCUT2D eigenvalue weighted by Gasteiger charge is 2.19. The highest BCUT2D eigenvalue weighted by Crippen LogP contribution is 2.23. The average molecular weight is 332 g/mol. The van der Waals surface area contributed by atoms with Crippen molar-refractivity contribution in [2.45, 2.75) is 31.3 Å². The van der Waals surface area contributed by atoms with Crippen LogP contribution in [0.15, 0.2) is 34.2 Å². The molecule has 0 bridgehead atoms. The number of hydrogen-bond acceptors (Lipinski definition) is 7. The molecule has 0 aliphatic rings. The van der Waals surface area contributed by atoms with Crippen LogP contribution in [0.25, 0.3) is 5.78 Å². The van der Waals surface area contributed by atoms with Crippen molar-refractivity contribution in [2.24, 2.45) is 0 Å². The Morgan fingerprint density at radius 1 is 1.43 bits per heavy atom. The third kappa shape index (κ3) is 3.67. The first-order chi connectivity index (χ1) is 10.9. The smallest absolute Gasteiger partial charge is 0.253 e. The lowest BCUT2D eigenvalue weighted by Crippen LogP contribution is -2.14. The van der Waals surface area contributed by atoms with E-state index in [-0.39, 0.29) is 17.1 Å². The van der Waals surface area contributed by atoms with Crippen LogP contribution in [0.3, 0.4) is 0 Å². The van der Waals surface area contributed by atoms with Crippen LogP contribution in [0.2, 0.25) is 0 Å². The molecule has 0 aliphatic heterocycles. The summed E-state index contributed by atoms with van der Waals surface area (Å²) in [6, 6.07) is 3.50. The molecule has 23 heavy (non-hydrogen) atoms. The molecule has 0 aromatic carbocycles. The molecular formula is C14H16N6O2S. The maximum absolute atomic E-state index is 12.0. The van der Waals surface area contributed by atoms with Gasteiger partial charge in [-0.05, 0) is 6.07 Å². The number of hydrogen-bond donors (Lipinski definition) is 1. The fraction of sp³-hybridized carbons (Fsp3) is 0.357. The number of amides is 1. The number of rotatable bonds is 4. The van der Waals surface area contributed by atoms with Crippen LogP contribution in [0.1, 0.15) is 26.5 Å². The Labute approximate surface area is 136 Å². The van der Waals surface area contributed by atoms with Crippen molar-refractivity contribution in [3.8, 4) is 0 Å². The topological polar surface area (TPSA) is 98.2 Å². The summed E-state index contributed by atoms with van der Waals surface area (Å²) < 4.78 is 6.69. The molecule has 0 spiro atoms. The van der Waals surface area contributed by atoms with Gasteiger partial charge >= 0.3 is 0 Å². The molecule has 3 aromatic heterocycles. The summed E-state index contributed by atoms with van der Waals surface area (Å²) in [4.78, 5) is 20.3. The van der Waals surface area contributed by atoms with E-state index in [0.717, 1.165) is 5.69 Å². The second-order valence-electron chi connectivity index (χ2n) is 5.92. The second-order valence-corrected chi connectivity index (χ2v) is 6.86. The predicted molar refractivity (Wildman–Crippen MR) is 85.3 cm³/mol. The van der Waals surface area contributed by atoms with Gasteiger partial charge in [0.05, 0.1) is 11.4 Å². The predicted octanol–water partition coefficient (Wildman–Crippen LogP) is 2.14. The molecule has 0 fully saturated rings. The van der Waals surface area contributed by atoms with Crippen LogP contribution in [0.4, 0.5) is 5.88 Å². The molecule has 3 aromatic rings. The summed E-state index contributed by atoms with van der Waals surface area (Å²) in [6.45, 7) is 6.07. The first-order valence-corrected chi connectivity index (χ1v) is 7.97. The zero-order chi connectivity index (χ0) is 16.4. The minimum atomic E-state index is -0.210. The number of fused-ring (bicyclic) bond motifs is 1. The number of nitrogens with zero attached hydrogens (tertiary/aromatic N) is 5. The molecule has 9 heteroatoms. The summed E-state index contributed by atoms with van der Waals surface area (Å²) in [5, 5.41) is 11.3. The van der Waals surface area contributed by atoms with E-state index in [2.05, 4.69) is 25.5 Å². The number of nitrogens with one attached hydrogen (secondary N) is 1. The van der Waals surface area contributed by atoms with E-state index in [1.54, 1.807) is 29.0 Å². The molecular weight excluding hydrogens is 316 g/mol. The van der Waals surface area contributed by atoms with Crippen LogP contribution in [0, 0.1) is 0 Å². The largest absolute Gasteiger partial charge is 0.338 e. The molecule has 1 amide bonds. The van der Waals surface area contributed by atoms with Crippen molar-refractivity contribution in [1.82, 2.24) is 24.7 Å². The highest BCUT2D eigenvalue weighted by molar-refractivity contribution is 7.99.